The Morgan fingerprint density at radius 3 is 2.44 bits per heavy atom. The van der Waals surface area contributed by atoms with E-state index < -0.39 is 56.9 Å². The van der Waals surface area contributed by atoms with Gasteiger partial charge >= 0.3 is 13.8 Å². The number of aliphatic carboxylic acids is 1. The number of aromatic nitrogens is 4. The van der Waals surface area contributed by atoms with Gasteiger partial charge in [-0.25, -0.2) is 19.5 Å². The Hall–Kier alpha value is -2.76. The van der Waals surface area contributed by atoms with Crippen LogP contribution in [0.15, 0.2) is 12.7 Å². The van der Waals surface area contributed by atoms with Crippen molar-refractivity contribution >= 4 is 36.7 Å². The Morgan fingerprint density at radius 2 is 1.91 bits per heavy atom. The molecule has 1 aliphatic heterocycles. The number of carboxylic acid groups (broad SMARTS) is 1. The van der Waals surface area contributed by atoms with Crippen molar-refractivity contribution in [3.63, 3.8) is 0 Å². The predicted molar refractivity (Wildman–Crippen MR) is 103 cm³/mol. The van der Waals surface area contributed by atoms with Gasteiger partial charge in [0.15, 0.2) is 17.7 Å². The van der Waals surface area contributed by atoms with E-state index in [-0.39, 0.29) is 17.9 Å². The maximum atomic E-state index is 10.7. The van der Waals surface area contributed by atoms with Crippen molar-refractivity contribution < 1.29 is 48.5 Å². The number of hydrogen-bond donors (Lipinski definition) is 8. The first kappa shape index (κ1) is 25.5. The number of primary amides is 1. The number of ether oxygens (including phenoxy) is 1. The van der Waals surface area contributed by atoms with Gasteiger partial charge in [-0.3, -0.25) is 18.7 Å². The summed E-state index contributed by atoms with van der Waals surface area (Å²) in [5.74, 6) is -1.78. The topological polar surface area (TPSA) is 292 Å². The average Bonchev–Trinajstić information content (AvgIpc) is 3.22. The zero-order valence-corrected chi connectivity index (χ0v) is 17.1. The minimum absolute atomic E-state index is 0.142. The zero-order chi connectivity index (χ0) is 24.2. The molecule has 32 heavy (non-hydrogen) atoms. The van der Waals surface area contributed by atoms with Gasteiger partial charge in [-0.1, -0.05) is 0 Å². The Labute approximate surface area is 179 Å². The van der Waals surface area contributed by atoms with E-state index in [0.717, 1.165) is 0 Å². The summed E-state index contributed by atoms with van der Waals surface area (Å²) in [5, 5.41) is 28.2. The number of anilines is 1. The summed E-state index contributed by atoms with van der Waals surface area (Å²) >= 11 is 0. The molecule has 2 aromatic rings. The highest BCUT2D eigenvalue weighted by Crippen LogP contribution is 2.38. The van der Waals surface area contributed by atoms with Crippen LogP contribution in [-0.2, 0) is 23.4 Å². The first-order chi connectivity index (χ1) is 14.8. The van der Waals surface area contributed by atoms with Crippen LogP contribution in [0.4, 0.5) is 5.82 Å². The summed E-state index contributed by atoms with van der Waals surface area (Å²) in [6, 6.07) is -1.16. The fourth-order valence-corrected chi connectivity index (χ4v) is 2.97. The summed E-state index contributed by atoms with van der Waals surface area (Å²) in [6.07, 6.45) is -2.80. The summed E-state index contributed by atoms with van der Waals surface area (Å²) in [5.41, 5.74) is 15.8. The number of nitrogens with two attached hydrogens (primary N) is 3. The van der Waals surface area contributed by atoms with E-state index in [1.54, 1.807) is 0 Å². The lowest BCUT2D eigenvalue weighted by Crippen LogP contribution is -2.34. The molecule has 18 heteroatoms. The molecule has 0 bridgehead atoms. The lowest BCUT2D eigenvalue weighted by Gasteiger charge is -2.16. The number of imidazole rings is 1. The second kappa shape index (κ2) is 10.2. The van der Waals surface area contributed by atoms with Crippen molar-refractivity contribution in [2.45, 2.75) is 37.0 Å². The molecular weight excluding hydrogens is 457 g/mol. The maximum absolute atomic E-state index is 10.7. The van der Waals surface area contributed by atoms with Gasteiger partial charge in [0.1, 0.15) is 36.2 Å². The summed E-state index contributed by atoms with van der Waals surface area (Å²) in [6.45, 7) is -0.594. The van der Waals surface area contributed by atoms with E-state index in [4.69, 9.17) is 31.1 Å². The van der Waals surface area contributed by atoms with Crippen LogP contribution in [0.3, 0.4) is 0 Å². The van der Waals surface area contributed by atoms with Gasteiger partial charge in [-0.2, -0.15) is 0 Å². The molecule has 1 aliphatic rings. The molecule has 1 fully saturated rings. The maximum Gasteiger partial charge on any atom is 0.469 e. The summed E-state index contributed by atoms with van der Waals surface area (Å²) in [4.78, 5) is 49.1. The van der Waals surface area contributed by atoms with E-state index in [9.17, 15) is 24.4 Å². The number of aliphatic hydroxyl groups excluding tert-OH is 2. The molecule has 2 aromatic heterocycles. The van der Waals surface area contributed by atoms with Gasteiger partial charge in [0.25, 0.3) is 0 Å². The number of hydrogen-bond acceptors (Lipinski definition) is 12. The third-order valence-electron chi connectivity index (χ3n) is 4.14. The fraction of sp³-hybridized carbons (Fsp3) is 0.500. The normalized spacial score (nSPS) is 24.0. The Kier molecular flexibility index (Phi) is 8.16. The number of nitrogens with zero attached hydrogens (tertiary/aromatic N) is 4. The van der Waals surface area contributed by atoms with Crippen LogP contribution in [0, 0.1) is 0 Å². The summed E-state index contributed by atoms with van der Waals surface area (Å²) < 4.78 is 21.8. The van der Waals surface area contributed by atoms with E-state index in [0.29, 0.717) is 5.52 Å². The molecule has 0 aliphatic carbocycles. The molecule has 3 heterocycles. The third kappa shape index (κ3) is 6.38. The Balaban J connectivity index is 0.000000344. The predicted octanol–water partition coefficient (Wildman–Crippen LogP) is -3.59. The number of amides is 1. The second-order valence-electron chi connectivity index (χ2n) is 6.53. The van der Waals surface area contributed by atoms with Crippen LogP contribution in [0.2, 0.25) is 0 Å². The molecule has 0 radical (unpaired) electrons. The number of carbonyl (C=O) groups is 2. The van der Waals surface area contributed by atoms with Gasteiger partial charge in [0.05, 0.1) is 19.4 Å². The second-order valence-corrected chi connectivity index (χ2v) is 7.77. The Bertz CT molecular complexity index is 1010. The average molecular weight is 479 g/mol. The number of phosphoric acid groups is 1. The molecular formula is C14H22N7O10P. The molecule has 1 amide bonds. The number of nitrogen functional groups attached to an aromatic ring is 1. The van der Waals surface area contributed by atoms with Crippen LogP contribution in [0.1, 0.15) is 12.6 Å². The number of aliphatic hydroxyl groups is 2. The molecule has 3 rings (SSSR count). The fourth-order valence-electron chi connectivity index (χ4n) is 2.63. The van der Waals surface area contributed by atoms with Crippen molar-refractivity contribution in [1.29, 1.82) is 0 Å². The number of carboxylic acids is 1. The Morgan fingerprint density at radius 1 is 1.25 bits per heavy atom. The largest absolute Gasteiger partial charge is 0.480 e. The lowest BCUT2D eigenvalue weighted by molar-refractivity contribution is -0.140. The van der Waals surface area contributed by atoms with Crippen LogP contribution in [-0.4, -0.2) is 87.5 Å². The minimum atomic E-state index is -4.72. The highest BCUT2D eigenvalue weighted by molar-refractivity contribution is 7.46. The van der Waals surface area contributed by atoms with Gasteiger partial charge < -0.3 is 47.0 Å². The quantitative estimate of drug-likeness (QED) is 0.178. The summed E-state index contributed by atoms with van der Waals surface area (Å²) in [7, 11) is -4.72. The van der Waals surface area contributed by atoms with Crippen molar-refractivity contribution in [2.24, 2.45) is 11.5 Å². The highest BCUT2D eigenvalue weighted by Gasteiger charge is 2.45. The van der Waals surface area contributed by atoms with E-state index >= 15 is 0 Å². The molecule has 1 unspecified atom stereocenters. The number of carbonyl (C=O) groups excluding carboxylic acids is 1. The molecule has 0 saturated carbocycles. The zero-order valence-electron chi connectivity index (χ0n) is 16.2. The van der Waals surface area contributed by atoms with Crippen LogP contribution >= 0.6 is 7.82 Å². The van der Waals surface area contributed by atoms with Crippen LogP contribution in [0.5, 0.6) is 0 Å². The van der Waals surface area contributed by atoms with Crippen LogP contribution < -0.4 is 17.2 Å². The van der Waals surface area contributed by atoms with E-state index in [1.165, 1.54) is 17.2 Å². The van der Waals surface area contributed by atoms with Gasteiger partial charge in [0, 0.05) is 0 Å². The van der Waals surface area contributed by atoms with Crippen molar-refractivity contribution in [3.8, 4) is 0 Å². The lowest BCUT2D eigenvalue weighted by atomic mass is 10.1. The number of rotatable bonds is 7. The molecule has 5 atom stereocenters. The highest BCUT2D eigenvalue weighted by atomic mass is 31.2. The van der Waals surface area contributed by atoms with Crippen molar-refractivity contribution in [3.05, 3.63) is 12.7 Å². The molecule has 11 N–H and O–H groups in total. The van der Waals surface area contributed by atoms with E-state index in [2.05, 4.69) is 25.2 Å². The van der Waals surface area contributed by atoms with Gasteiger partial charge in [-0.15, -0.1) is 0 Å². The molecule has 0 aromatic carbocycles. The monoisotopic (exact) mass is 479 g/mol. The first-order valence-corrected chi connectivity index (χ1v) is 10.3. The van der Waals surface area contributed by atoms with Gasteiger partial charge in [0.2, 0.25) is 5.91 Å². The third-order valence-corrected chi connectivity index (χ3v) is 4.63. The molecule has 178 valence electrons. The molecule has 0 spiro atoms. The van der Waals surface area contributed by atoms with Crippen LogP contribution in [0.25, 0.3) is 11.2 Å². The molecule has 1 saturated heterocycles. The number of fused-ring (bicyclic) bond motifs is 1. The standard InChI is InChI=1S/C10H14N5O7P.C4H8N2O3/c11-8-5-9(13-2-12-8)15(3-14-5)10-7(17)6(16)4(22-10)1-21-23(18,19)20;5-2(4(8)9)1-3(6)7/h2-4,6-7,10,16-17H,1H2,(H2,11,12,13)(H2,18,19,20);2H,1,5H2,(H2,6,7)(H,8,9)/t4-,6-,7-,10-;/m1./s1. The molecule has 17 nitrogen and oxygen atoms in total. The minimum Gasteiger partial charge on any atom is -0.480 e. The SMILES string of the molecule is NC(=O)CC(N)C(=O)O.Nc1ncnc2c1ncn2[C@@H]1O[C@H](COP(=O)(O)O)[C@@H](O)[C@H]1O. The smallest absolute Gasteiger partial charge is 0.469 e. The number of phosphoric ester groups is 1. The van der Waals surface area contributed by atoms with E-state index in [1.807, 2.05) is 0 Å². The van der Waals surface area contributed by atoms with Crippen molar-refractivity contribution in [2.75, 3.05) is 12.3 Å². The van der Waals surface area contributed by atoms with Crippen molar-refractivity contribution in [1.82, 2.24) is 19.5 Å². The van der Waals surface area contributed by atoms with Gasteiger partial charge in [-0.05, 0) is 0 Å². The first-order valence-electron chi connectivity index (χ1n) is 8.73.